The highest BCUT2D eigenvalue weighted by Gasteiger charge is 2.59. The highest BCUT2D eigenvalue weighted by atomic mass is 127. The van der Waals surface area contributed by atoms with Crippen molar-refractivity contribution in [2.24, 2.45) is 0 Å². The number of aliphatic hydroxyl groups is 1. The van der Waals surface area contributed by atoms with E-state index in [0.29, 0.717) is 6.42 Å². The fourth-order valence-corrected chi connectivity index (χ4v) is 1.34. The minimum absolute atomic E-state index is 0.444. The van der Waals surface area contributed by atoms with Crippen molar-refractivity contribution in [1.29, 1.82) is 0 Å². The lowest BCUT2D eigenvalue weighted by atomic mass is 10.1. The van der Waals surface area contributed by atoms with Gasteiger partial charge in [-0.2, -0.15) is 13.2 Å². The van der Waals surface area contributed by atoms with Gasteiger partial charge in [0.1, 0.15) is 3.42 Å². The minimum atomic E-state index is -4.99. The minimum Gasteiger partial charge on any atom is -0.434 e. The molecule has 0 aromatic carbocycles. The van der Waals surface area contributed by atoms with E-state index in [4.69, 9.17) is 9.47 Å². The summed E-state index contributed by atoms with van der Waals surface area (Å²) >= 11 is 1.84. The molecule has 1 rings (SSSR count). The molecule has 0 bridgehead atoms. The summed E-state index contributed by atoms with van der Waals surface area (Å²) in [5, 5.41) is 9.33. The molecule has 0 amide bonds. The first-order chi connectivity index (χ1) is 8.52. The van der Waals surface area contributed by atoms with Crippen molar-refractivity contribution in [1.82, 2.24) is 0 Å². The molecule has 1 aliphatic rings. The van der Waals surface area contributed by atoms with Crippen LogP contribution in [0, 0.1) is 0 Å². The first-order valence-corrected chi connectivity index (χ1v) is 6.54. The van der Waals surface area contributed by atoms with Crippen LogP contribution in [0.4, 0.5) is 13.2 Å². The summed E-state index contributed by atoms with van der Waals surface area (Å²) < 4.78 is 50.6. The summed E-state index contributed by atoms with van der Waals surface area (Å²) in [6.45, 7) is 2.52. The lowest BCUT2D eigenvalue weighted by Gasteiger charge is -2.37. The standard InChI is InChI=1S/C10H14F3IO5/c1-3-8(2,14)7(15)19-6-4-9(16,10(11,12)13)18-5-17-6/h6,16H,3-5H2,1-2H3. The van der Waals surface area contributed by atoms with Gasteiger partial charge in [0.05, 0.1) is 6.42 Å². The molecule has 3 atom stereocenters. The molecule has 0 aromatic rings. The molecule has 0 aromatic heterocycles. The van der Waals surface area contributed by atoms with Gasteiger partial charge >= 0.3 is 12.1 Å². The number of ether oxygens (including phenoxy) is 3. The summed E-state index contributed by atoms with van der Waals surface area (Å²) in [6, 6.07) is 0. The van der Waals surface area contributed by atoms with Gasteiger partial charge in [0, 0.05) is 0 Å². The number of carbonyl (C=O) groups is 1. The van der Waals surface area contributed by atoms with E-state index in [1.165, 1.54) is 0 Å². The van der Waals surface area contributed by atoms with E-state index in [-0.39, 0.29) is 0 Å². The van der Waals surface area contributed by atoms with E-state index in [1.54, 1.807) is 13.8 Å². The van der Waals surface area contributed by atoms with Crippen LogP contribution >= 0.6 is 22.6 Å². The van der Waals surface area contributed by atoms with E-state index >= 15 is 0 Å². The molecule has 0 radical (unpaired) electrons. The second kappa shape index (κ2) is 5.70. The summed E-state index contributed by atoms with van der Waals surface area (Å²) in [4.78, 5) is 11.7. The Kier molecular flexibility index (Phi) is 5.08. The van der Waals surface area contributed by atoms with E-state index < -0.39 is 40.9 Å². The Morgan fingerprint density at radius 1 is 1.58 bits per heavy atom. The van der Waals surface area contributed by atoms with Crippen molar-refractivity contribution in [2.75, 3.05) is 6.79 Å². The number of alkyl halides is 4. The number of halogens is 4. The number of hydrogen-bond donors (Lipinski definition) is 1. The Bertz CT molecular complexity index is 347. The van der Waals surface area contributed by atoms with Crippen molar-refractivity contribution >= 4 is 28.6 Å². The number of carbonyl (C=O) groups excluding carboxylic acids is 1. The molecule has 1 fully saturated rings. The smallest absolute Gasteiger partial charge is 0.434 e. The Balaban J connectivity index is 2.69. The fourth-order valence-electron chi connectivity index (χ4n) is 1.21. The van der Waals surface area contributed by atoms with Gasteiger partial charge in [0.2, 0.25) is 6.29 Å². The normalized spacial score (nSPS) is 31.6. The molecule has 9 heteroatoms. The number of hydrogen-bond acceptors (Lipinski definition) is 5. The maximum absolute atomic E-state index is 12.6. The van der Waals surface area contributed by atoms with Crippen LogP contribution in [0.1, 0.15) is 26.7 Å². The molecule has 112 valence electrons. The quantitative estimate of drug-likeness (QED) is 0.448. The van der Waals surface area contributed by atoms with Crippen molar-refractivity contribution in [3.05, 3.63) is 0 Å². The maximum Gasteiger partial charge on any atom is 0.443 e. The van der Waals surface area contributed by atoms with E-state index in [2.05, 4.69) is 4.74 Å². The van der Waals surface area contributed by atoms with Crippen LogP contribution in [0.2, 0.25) is 0 Å². The second-order valence-electron chi connectivity index (χ2n) is 4.30. The molecular formula is C10H14F3IO5. The largest absolute Gasteiger partial charge is 0.443 e. The predicted molar refractivity (Wildman–Crippen MR) is 65.3 cm³/mol. The van der Waals surface area contributed by atoms with Crippen LogP contribution in [0.5, 0.6) is 0 Å². The molecule has 3 unspecified atom stereocenters. The zero-order valence-corrected chi connectivity index (χ0v) is 12.4. The molecule has 0 saturated carbocycles. The van der Waals surface area contributed by atoms with Crippen molar-refractivity contribution < 1.29 is 37.3 Å². The van der Waals surface area contributed by atoms with Gasteiger partial charge in [0.15, 0.2) is 6.79 Å². The van der Waals surface area contributed by atoms with Crippen LogP contribution in [0.25, 0.3) is 0 Å². The summed E-state index contributed by atoms with van der Waals surface area (Å²) in [7, 11) is 0. The van der Waals surface area contributed by atoms with Crippen LogP contribution in [-0.4, -0.2) is 39.5 Å². The zero-order chi connectivity index (χ0) is 14.9. The second-order valence-corrected chi connectivity index (χ2v) is 6.68. The first-order valence-electron chi connectivity index (χ1n) is 5.46. The van der Waals surface area contributed by atoms with Gasteiger partial charge < -0.3 is 19.3 Å². The highest BCUT2D eigenvalue weighted by Crippen LogP contribution is 2.38. The predicted octanol–water partition coefficient (Wildman–Crippen LogP) is 2.10. The topological polar surface area (TPSA) is 65.0 Å². The molecular weight excluding hydrogens is 384 g/mol. The maximum atomic E-state index is 12.6. The Hall–Kier alpha value is -0.130. The van der Waals surface area contributed by atoms with Gasteiger partial charge in [-0.25, -0.2) is 0 Å². The lowest BCUT2D eigenvalue weighted by Crippen LogP contribution is -2.54. The van der Waals surface area contributed by atoms with E-state index in [1.807, 2.05) is 22.6 Å². The molecule has 0 aliphatic carbocycles. The Morgan fingerprint density at radius 2 is 2.16 bits per heavy atom. The Labute approximate surface area is 121 Å². The molecule has 0 spiro atoms. The van der Waals surface area contributed by atoms with Gasteiger partial charge in [0.25, 0.3) is 5.79 Å². The van der Waals surface area contributed by atoms with Gasteiger partial charge in [-0.05, 0) is 13.3 Å². The van der Waals surface area contributed by atoms with Crippen LogP contribution in [-0.2, 0) is 19.0 Å². The summed E-state index contributed by atoms with van der Waals surface area (Å²) in [6.07, 6.45) is -7.05. The van der Waals surface area contributed by atoms with Crippen LogP contribution < -0.4 is 0 Å². The third-order valence-electron chi connectivity index (χ3n) is 2.77. The molecule has 1 N–H and O–H groups in total. The molecule has 1 aliphatic heterocycles. The summed E-state index contributed by atoms with van der Waals surface area (Å²) in [5.74, 6) is -4.06. The van der Waals surface area contributed by atoms with Crippen LogP contribution in [0.15, 0.2) is 0 Å². The monoisotopic (exact) mass is 398 g/mol. The lowest BCUT2D eigenvalue weighted by molar-refractivity contribution is -0.427. The molecule has 1 heterocycles. The fraction of sp³-hybridized carbons (Fsp3) is 0.900. The van der Waals surface area contributed by atoms with Crippen molar-refractivity contribution in [3.63, 3.8) is 0 Å². The SMILES string of the molecule is CCC(C)(I)C(=O)OC1CC(O)(C(F)(F)F)OCO1. The van der Waals surface area contributed by atoms with E-state index in [0.717, 1.165) is 0 Å². The Morgan fingerprint density at radius 3 is 2.63 bits per heavy atom. The third-order valence-corrected chi connectivity index (χ3v) is 3.97. The van der Waals surface area contributed by atoms with Gasteiger partial charge in [-0.3, -0.25) is 4.79 Å². The van der Waals surface area contributed by atoms with Crippen molar-refractivity contribution in [3.8, 4) is 0 Å². The third kappa shape index (κ3) is 3.92. The molecule has 19 heavy (non-hydrogen) atoms. The van der Waals surface area contributed by atoms with Gasteiger partial charge in [-0.1, -0.05) is 29.5 Å². The van der Waals surface area contributed by atoms with Gasteiger partial charge in [-0.15, -0.1) is 0 Å². The average molecular weight is 398 g/mol. The zero-order valence-electron chi connectivity index (χ0n) is 10.3. The summed E-state index contributed by atoms with van der Waals surface area (Å²) in [5.41, 5.74) is 0. The average Bonchev–Trinajstić information content (AvgIpc) is 2.27. The first kappa shape index (κ1) is 16.9. The highest BCUT2D eigenvalue weighted by molar-refractivity contribution is 14.1. The number of esters is 1. The number of rotatable bonds is 3. The molecule has 1 saturated heterocycles. The van der Waals surface area contributed by atoms with Crippen LogP contribution in [0.3, 0.4) is 0 Å². The van der Waals surface area contributed by atoms with E-state index in [9.17, 15) is 23.1 Å². The van der Waals surface area contributed by atoms with Crippen molar-refractivity contribution in [2.45, 2.75) is 48.4 Å². The molecule has 5 nitrogen and oxygen atoms in total.